The molecular formula is C22H17N3O6S. The number of carbonyl (C=O) groups excluding carboxylic acids is 2. The molecule has 1 aliphatic heterocycles. The lowest BCUT2D eigenvalue weighted by molar-refractivity contribution is -0.114. The average molecular weight is 451 g/mol. The summed E-state index contributed by atoms with van der Waals surface area (Å²) in [7, 11) is -4.28. The Balaban J connectivity index is 1.57. The van der Waals surface area contributed by atoms with E-state index >= 15 is 0 Å². The van der Waals surface area contributed by atoms with Crippen molar-refractivity contribution in [1.82, 2.24) is 0 Å². The molecule has 0 spiro atoms. The Morgan fingerprint density at radius 2 is 1.72 bits per heavy atom. The monoisotopic (exact) mass is 451 g/mol. The highest BCUT2D eigenvalue weighted by Crippen LogP contribution is 2.28. The van der Waals surface area contributed by atoms with Gasteiger partial charge in [-0.15, -0.1) is 0 Å². The van der Waals surface area contributed by atoms with E-state index in [-0.39, 0.29) is 10.8 Å². The van der Waals surface area contributed by atoms with Gasteiger partial charge in [0.1, 0.15) is 11.5 Å². The Labute approximate surface area is 183 Å². The first-order chi connectivity index (χ1) is 15.1. The van der Waals surface area contributed by atoms with E-state index in [1.54, 1.807) is 37.3 Å². The Morgan fingerprint density at radius 1 is 1.06 bits per heavy atom. The fourth-order valence-corrected chi connectivity index (χ4v) is 3.63. The van der Waals surface area contributed by atoms with E-state index in [1.807, 2.05) is 0 Å². The maximum Gasteiger partial charge on any atom is 0.294 e. The van der Waals surface area contributed by atoms with Crippen LogP contribution < -0.4 is 10.7 Å². The van der Waals surface area contributed by atoms with Gasteiger partial charge in [-0.25, -0.2) is 0 Å². The number of rotatable bonds is 5. The number of hydrazone groups is 1. The van der Waals surface area contributed by atoms with E-state index in [2.05, 4.69) is 5.10 Å². The number of hydrogen-bond acceptors (Lipinski definition) is 6. The Morgan fingerprint density at radius 3 is 2.31 bits per heavy atom. The van der Waals surface area contributed by atoms with Crippen LogP contribution in [0.4, 0.5) is 5.69 Å². The Kier molecular flexibility index (Phi) is 5.25. The van der Waals surface area contributed by atoms with E-state index in [4.69, 9.17) is 14.7 Å². The van der Waals surface area contributed by atoms with Crippen LogP contribution in [0.15, 0.2) is 80.7 Å². The molecule has 4 rings (SSSR count). The molecule has 0 unspecified atom stereocenters. The predicted octanol–water partition coefficient (Wildman–Crippen LogP) is 3.10. The molecule has 2 heterocycles. The Hall–Kier alpha value is -4.02. The van der Waals surface area contributed by atoms with Gasteiger partial charge >= 0.3 is 0 Å². The highest BCUT2D eigenvalue weighted by molar-refractivity contribution is 7.85. The summed E-state index contributed by atoms with van der Waals surface area (Å²) in [6.07, 6.45) is 1.56. The first-order valence-corrected chi connectivity index (χ1v) is 10.8. The van der Waals surface area contributed by atoms with Gasteiger partial charge in [0.15, 0.2) is 0 Å². The molecule has 0 radical (unpaired) electrons. The summed E-state index contributed by atoms with van der Waals surface area (Å²) in [6, 6.07) is 15.1. The van der Waals surface area contributed by atoms with E-state index < -0.39 is 16.0 Å². The molecule has 9 nitrogen and oxygen atoms in total. The number of amides is 2. The number of primary amides is 1. The Bertz CT molecular complexity index is 1380. The molecule has 0 saturated heterocycles. The largest absolute Gasteiger partial charge is 0.457 e. The van der Waals surface area contributed by atoms with Crippen molar-refractivity contribution in [1.29, 1.82) is 0 Å². The van der Waals surface area contributed by atoms with Crippen LogP contribution in [0.2, 0.25) is 0 Å². The topological polar surface area (TPSA) is 143 Å². The summed E-state index contributed by atoms with van der Waals surface area (Å²) in [5, 5.41) is 5.51. The van der Waals surface area contributed by atoms with Crippen molar-refractivity contribution in [3.05, 3.63) is 77.6 Å². The highest BCUT2D eigenvalue weighted by Gasteiger charge is 2.29. The lowest BCUT2D eigenvalue weighted by Gasteiger charge is -2.11. The third-order valence-corrected chi connectivity index (χ3v) is 5.68. The molecule has 2 amide bonds. The molecule has 0 atom stereocenters. The molecule has 0 saturated carbocycles. The van der Waals surface area contributed by atoms with Crippen LogP contribution in [-0.4, -0.2) is 30.5 Å². The lowest BCUT2D eigenvalue weighted by Crippen LogP contribution is -2.21. The van der Waals surface area contributed by atoms with Crippen LogP contribution in [0.5, 0.6) is 0 Å². The van der Waals surface area contributed by atoms with Crippen molar-refractivity contribution in [2.75, 3.05) is 5.01 Å². The number of hydrogen-bond donors (Lipinski definition) is 2. The molecule has 2 aromatic carbocycles. The summed E-state index contributed by atoms with van der Waals surface area (Å²) in [4.78, 5) is 23.9. The van der Waals surface area contributed by atoms with Crippen molar-refractivity contribution in [3.63, 3.8) is 0 Å². The van der Waals surface area contributed by atoms with Gasteiger partial charge in [0, 0.05) is 11.1 Å². The van der Waals surface area contributed by atoms with Crippen molar-refractivity contribution < 1.29 is 27.0 Å². The zero-order valence-electron chi connectivity index (χ0n) is 16.7. The molecule has 1 aromatic heterocycles. The third-order valence-electron chi connectivity index (χ3n) is 4.81. The van der Waals surface area contributed by atoms with E-state index in [0.29, 0.717) is 39.6 Å². The lowest BCUT2D eigenvalue weighted by atomic mass is 10.1. The molecule has 0 bridgehead atoms. The first kappa shape index (κ1) is 21.2. The SMILES string of the molecule is CC1=NN(c2ccc(C(N)=O)cc2)C(=O)C1=Cc1ccc(-c2ccc(S(=O)(=O)O)cc2)o1. The molecule has 162 valence electrons. The highest BCUT2D eigenvalue weighted by atomic mass is 32.2. The molecule has 10 heteroatoms. The van der Waals surface area contributed by atoms with E-state index in [1.165, 1.54) is 41.4 Å². The van der Waals surface area contributed by atoms with Gasteiger partial charge in [-0.1, -0.05) is 0 Å². The van der Waals surface area contributed by atoms with Crippen LogP contribution >= 0.6 is 0 Å². The maximum atomic E-state index is 12.9. The minimum atomic E-state index is -4.28. The van der Waals surface area contributed by atoms with Crippen LogP contribution in [0.1, 0.15) is 23.0 Å². The minimum absolute atomic E-state index is 0.220. The number of nitrogens with zero attached hydrogens (tertiary/aromatic N) is 2. The zero-order chi connectivity index (χ0) is 23.0. The second-order valence-corrected chi connectivity index (χ2v) is 8.39. The number of anilines is 1. The van der Waals surface area contributed by atoms with Crippen LogP contribution in [-0.2, 0) is 14.9 Å². The summed E-state index contributed by atoms with van der Waals surface area (Å²) in [5.74, 6) is -0.0593. The molecular weight excluding hydrogens is 434 g/mol. The molecule has 1 aliphatic rings. The number of furan rings is 1. The van der Waals surface area contributed by atoms with Gasteiger partial charge in [-0.05, 0) is 73.7 Å². The van der Waals surface area contributed by atoms with Gasteiger partial charge in [0.05, 0.1) is 21.9 Å². The summed E-state index contributed by atoms with van der Waals surface area (Å²) in [5.41, 5.74) is 7.48. The van der Waals surface area contributed by atoms with Crippen molar-refractivity contribution in [3.8, 4) is 11.3 Å². The molecule has 32 heavy (non-hydrogen) atoms. The van der Waals surface area contributed by atoms with Crippen LogP contribution in [0.25, 0.3) is 17.4 Å². The summed E-state index contributed by atoms with van der Waals surface area (Å²) in [6.45, 7) is 1.69. The molecule has 3 aromatic rings. The quantitative estimate of drug-likeness (QED) is 0.451. The second-order valence-electron chi connectivity index (χ2n) is 6.97. The van der Waals surface area contributed by atoms with Crippen molar-refractivity contribution >= 4 is 39.4 Å². The van der Waals surface area contributed by atoms with Crippen LogP contribution in [0.3, 0.4) is 0 Å². The normalized spacial score (nSPS) is 15.3. The molecule has 3 N–H and O–H groups in total. The minimum Gasteiger partial charge on any atom is -0.457 e. The number of benzene rings is 2. The van der Waals surface area contributed by atoms with Gasteiger partial charge in [0.2, 0.25) is 5.91 Å². The third kappa shape index (κ3) is 4.09. The smallest absolute Gasteiger partial charge is 0.294 e. The predicted molar refractivity (Wildman–Crippen MR) is 117 cm³/mol. The fourth-order valence-electron chi connectivity index (χ4n) is 3.15. The zero-order valence-corrected chi connectivity index (χ0v) is 17.5. The summed E-state index contributed by atoms with van der Waals surface area (Å²) < 4.78 is 37.2. The van der Waals surface area contributed by atoms with Gasteiger partial charge in [-0.2, -0.15) is 18.5 Å². The standard InChI is InChI=1S/C22H17N3O6S/c1-13-19(22(27)25(24-13)16-6-2-15(3-7-16)21(23)26)12-17-8-11-20(31-17)14-4-9-18(10-5-14)32(28,29)30/h2-12H,1H3,(H2,23,26)(H,28,29,30). The second kappa shape index (κ2) is 7.91. The van der Waals surface area contributed by atoms with Crippen molar-refractivity contribution in [2.45, 2.75) is 11.8 Å². The van der Waals surface area contributed by atoms with Gasteiger partial charge < -0.3 is 10.2 Å². The number of nitrogens with two attached hydrogens (primary N) is 1. The molecule has 0 aliphatic carbocycles. The average Bonchev–Trinajstić information content (AvgIpc) is 3.33. The van der Waals surface area contributed by atoms with Crippen LogP contribution in [0, 0.1) is 0 Å². The van der Waals surface area contributed by atoms with Crippen molar-refractivity contribution in [2.24, 2.45) is 10.8 Å². The van der Waals surface area contributed by atoms with Gasteiger partial charge in [0.25, 0.3) is 16.0 Å². The maximum absolute atomic E-state index is 12.9. The van der Waals surface area contributed by atoms with E-state index in [9.17, 15) is 18.0 Å². The first-order valence-electron chi connectivity index (χ1n) is 9.33. The summed E-state index contributed by atoms with van der Waals surface area (Å²) >= 11 is 0. The molecule has 0 fully saturated rings. The number of carbonyl (C=O) groups is 2. The van der Waals surface area contributed by atoms with Gasteiger partial charge in [-0.3, -0.25) is 14.1 Å². The fraction of sp³-hybridized carbons (Fsp3) is 0.0455. The van der Waals surface area contributed by atoms with E-state index in [0.717, 1.165) is 0 Å².